The van der Waals surface area contributed by atoms with Gasteiger partial charge in [-0.2, -0.15) is 5.10 Å². The van der Waals surface area contributed by atoms with Crippen LogP contribution in [0, 0.1) is 0 Å². The van der Waals surface area contributed by atoms with E-state index in [4.69, 9.17) is 4.42 Å². The van der Waals surface area contributed by atoms with Crippen molar-refractivity contribution in [2.75, 3.05) is 0 Å². The van der Waals surface area contributed by atoms with Crippen LogP contribution in [0.3, 0.4) is 0 Å². The zero-order valence-corrected chi connectivity index (χ0v) is 17.0. The Morgan fingerprint density at radius 1 is 1.07 bits per heavy atom. The quantitative estimate of drug-likeness (QED) is 0.301. The van der Waals surface area contributed by atoms with E-state index < -0.39 is 0 Å². The van der Waals surface area contributed by atoms with Crippen LogP contribution < -0.4 is 0 Å². The number of thiophene rings is 1. The van der Waals surface area contributed by atoms with Gasteiger partial charge in [0, 0.05) is 11.1 Å². The van der Waals surface area contributed by atoms with E-state index in [0.717, 1.165) is 10.4 Å². The summed E-state index contributed by atoms with van der Waals surface area (Å²) in [6, 6.07) is 17.5. The van der Waals surface area contributed by atoms with Crippen LogP contribution in [0.4, 0.5) is 0 Å². The van der Waals surface area contributed by atoms with Crippen molar-refractivity contribution in [3.63, 3.8) is 0 Å². The lowest BCUT2D eigenvalue weighted by Gasteiger charge is -2.12. The van der Waals surface area contributed by atoms with Gasteiger partial charge in [0.15, 0.2) is 5.17 Å². The maximum absolute atomic E-state index is 12.9. The Morgan fingerprint density at radius 3 is 2.72 bits per heavy atom. The molecule has 29 heavy (non-hydrogen) atoms. The summed E-state index contributed by atoms with van der Waals surface area (Å²) in [5, 5.41) is 10.9. The van der Waals surface area contributed by atoms with Gasteiger partial charge >= 0.3 is 0 Å². The minimum absolute atomic E-state index is 0.103. The number of benzene rings is 1. The van der Waals surface area contributed by atoms with Crippen molar-refractivity contribution in [3.8, 4) is 0 Å². The van der Waals surface area contributed by atoms with Crippen molar-refractivity contribution in [2.24, 2.45) is 10.2 Å². The van der Waals surface area contributed by atoms with E-state index in [-0.39, 0.29) is 5.91 Å². The average Bonchev–Trinajstić information content (AvgIpc) is 3.49. The summed E-state index contributed by atoms with van der Waals surface area (Å²) in [6.45, 7) is 0.314. The molecule has 3 aromatic rings. The fourth-order valence-corrected chi connectivity index (χ4v) is 4.28. The Bertz CT molecular complexity index is 1070. The van der Waals surface area contributed by atoms with E-state index in [1.165, 1.54) is 11.8 Å². The first-order chi connectivity index (χ1) is 14.3. The number of amidine groups is 1. The number of hydrogen-bond donors (Lipinski definition) is 0. The molecule has 1 amide bonds. The van der Waals surface area contributed by atoms with Crippen molar-refractivity contribution >= 4 is 52.5 Å². The standard InChI is InChI=1S/C22H17N3O2S2/c26-21-20(15-19-11-6-14-28-19)29-22(25(21)16-18-10-5-13-27-18)24-23-12-4-9-17-7-2-1-3-8-17/h1-15H,16H2/b9-4+,20-15-,23-12-,24-22+. The zero-order chi connectivity index (χ0) is 19.9. The number of nitrogens with zero attached hydrogens (tertiary/aromatic N) is 3. The van der Waals surface area contributed by atoms with E-state index >= 15 is 0 Å². The third-order valence-electron chi connectivity index (χ3n) is 3.98. The first-order valence-electron chi connectivity index (χ1n) is 8.89. The second-order valence-electron chi connectivity index (χ2n) is 6.01. The summed E-state index contributed by atoms with van der Waals surface area (Å²) in [5.41, 5.74) is 1.08. The number of carbonyl (C=O) groups excluding carboxylic acids is 1. The average molecular weight is 420 g/mol. The molecule has 0 unspecified atom stereocenters. The van der Waals surface area contributed by atoms with Gasteiger partial charge in [0.05, 0.1) is 17.7 Å². The molecule has 1 aliphatic heterocycles. The Kier molecular flexibility index (Phi) is 6.19. The fourth-order valence-electron chi connectivity index (χ4n) is 2.62. The van der Waals surface area contributed by atoms with Crippen LogP contribution in [0.1, 0.15) is 16.2 Å². The molecule has 4 rings (SSSR count). The van der Waals surface area contributed by atoms with Crippen LogP contribution in [0.2, 0.25) is 0 Å². The molecule has 7 heteroatoms. The van der Waals surface area contributed by atoms with Gasteiger partial charge < -0.3 is 4.42 Å². The van der Waals surface area contributed by atoms with Crippen molar-refractivity contribution in [1.29, 1.82) is 0 Å². The molecular formula is C22H17N3O2S2. The molecule has 0 radical (unpaired) electrons. The topological polar surface area (TPSA) is 58.2 Å². The Hall–Kier alpha value is -3.16. The van der Waals surface area contributed by atoms with Gasteiger partial charge in [0.1, 0.15) is 5.76 Å². The number of carbonyl (C=O) groups is 1. The highest BCUT2D eigenvalue weighted by atomic mass is 32.2. The van der Waals surface area contributed by atoms with Gasteiger partial charge in [0.25, 0.3) is 5.91 Å². The third-order valence-corrected chi connectivity index (χ3v) is 5.80. The minimum atomic E-state index is -0.103. The van der Waals surface area contributed by atoms with Crippen molar-refractivity contribution in [3.05, 3.63) is 93.4 Å². The number of furan rings is 1. The van der Waals surface area contributed by atoms with Crippen molar-refractivity contribution < 1.29 is 9.21 Å². The summed E-state index contributed by atoms with van der Waals surface area (Å²) >= 11 is 2.90. The monoisotopic (exact) mass is 419 g/mol. The summed E-state index contributed by atoms with van der Waals surface area (Å²) in [4.78, 5) is 16.1. The van der Waals surface area contributed by atoms with E-state index in [0.29, 0.717) is 22.4 Å². The largest absolute Gasteiger partial charge is 0.467 e. The first kappa shape index (κ1) is 19.2. The Balaban J connectivity index is 1.53. The summed E-state index contributed by atoms with van der Waals surface area (Å²) < 4.78 is 5.40. The molecule has 144 valence electrons. The molecule has 1 fully saturated rings. The van der Waals surface area contributed by atoms with Crippen molar-refractivity contribution in [2.45, 2.75) is 6.54 Å². The van der Waals surface area contributed by atoms with Crippen LogP contribution in [-0.2, 0) is 11.3 Å². The maximum atomic E-state index is 12.9. The SMILES string of the molecule is O=C1/C(=C/c2cccs2)S/C(=N/N=C\C=C\c2ccccc2)N1Cc1ccco1. The van der Waals surface area contributed by atoms with Gasteiger partial charge in [-0.25, -0.2) is 0 Å². The van der Waals surface area contributed by atoms with Crippen LogP contribution in [0.25, 0.3) is 12.2 Å². The Morgan fingerprint density at radius 2 is 1.97 bits per heavy atom. The maximum Gasteiger partial charge on any atom is 0.267 e. The number of thioether (sulfide) groups is 1. The zero-order valence-electron chi connectivity index (χ0n) is 15.3. The molecule has 2 aromatic heterocycles. The molecule has 3 heterocycles. The molecule has 0 saturated carbocycles. The lowest BCUT2D eigenvalue weighted by molar-refractivity contribution is -0.122. The summed E-state index contributed by atoms with van der Waals surface area (Å²) in [6.07, 6.45) is 8.85. The van der Waals surface area contributed by atoms with Crippen LogP contribution in [0.15, 0.2) is 91.8 Å². The second-order valence-corrected chi connectivity index (χ2v) is 8.00. The molecule has 1 aliphatic rings. The molecule has 1 saturated heterocycles. The number of allylic oxidation sites excluding steroid dienone is 1. The molecule has 0 atom stereocenters. The van der Waals surface area contributed by atoms with E-state index in [9.17, 15) is 4.79 Å². The van der Waals surface area contributed by atoms with E-state index in [1.807, 2.05) is 72.1 Å². The van der Waals surface area contributed by atoms with E-state index in [1.54, 1.807) is 34.8 Å². The molecule has 0 N–H and O–H groups in total. The van der Waals surface area contributed by atoms with Crippen LogP contribution >= 0.6 is 23.1 Å². The molecule has 0 aliphatic carbocycles. The third kappa shape index (κ3) is 5.01. The van der Waals surface area contributed by atoms with Gasteiger partial charge in [-0.05, 0) is 53.1 Å². The fraction of sp³-hybridized carbons (Fsp3) is 0.0455. The minimum Gasteiger partial charge on any atom is -0.467 e. The molecule has 0 spiro atoms. The molecular weight excluding hydrogens is 402 g/mol. The summed E-state index contributed by atoms with van der Waals surface area (Å²) in [5.74, 6) is 0.588. The highest BCUT2D eigenvalue weighted by Crippen LogP contribution is 2.34. The number of hydrogen-bond acceptors (Lipinski definition) is 6. The van der Waals surface area contributed by atoms with Crippen molar-refractivity contribution in [1.82, 2.24) is 4.90 Å². The molecule has 5 nitrogen and oxygen atoms in total. The summed E-state index contributed by atoms with van der Waals surface area (Å²) in [7, 11) is 0. The van der Waals surface area contributed by atoms with Gasteiger partial charge in [-0.1, -0.05) is 42.5 Å². The highest BCUT2D eigenvalue weighted by Gasteiger charge is 2.34. The van der Waals surface area contributed by atoms with Crippen LogP contribution in [0.5, 0.6) is 0 Å². The van der Waals surface area contributed by atoms with Gasteiger partial charge in [-0.15, -0.1) is 16.4 Å². The van der Waals surface area contributed by atoms with E-state index in [2.05, 4.69) is 10.2 Å². The molecule has 0 bridgehead atoms. The smallest absolute Gasteiger partial charge is 0.267 e. The lowest BCUT2D eigenvalue weighted by Crippen LogP contribution is -2.28. The number of amides is 1. The first-order valence-corrected chi connectivity index (χ1v) is 10.6. The highest BCUT2D eigenvalue weighted by molar-refractivity contribution is 8.18. The predicted octanol–water partition coefficient (Wildman–Crippen LogP) is 5.51. The Labute approximate surface area is 176 Å². The number of rotatable bonds is 6. The van der Waals surface area contributed by atoms with Gasteiger partial charge in [-0.3, -0.25) is 9.69 Å². The second kappa shape index (κ2) is 9.36. The normalized spacial score (nSPS) is 17.5. The van der Waals surface area contributed by atoms with Gasteiger partial charge in [0.2, 0.25) is 0 Å². The predicted molar refractivity (Wildman–Crippen MR) is 121 cm³/mol. The van der Waals surface area contributed by atoms with Crippen LogP contribution in [-0.4, -0.2) is 22.2 Å². The molecule has 1 aromatic carbocycles. The lowest BCUT2D eigenvalue weighted by atomic mass is 10.2.